The van der Waals surface area contributed by atoms with Crippen molar-refractivity contribution in [3.8, 4) is 0 Å². The van der Waals surface area contributed by atoms with Gasteiger partial charge in [0.05, 0.1) is 5.57 Å². The van der Waals surface area contributed by atoms with Crippen LogP contribution in [0.3, 0.4) is 0 Å². The molecule has 0 atom stereocenters. The molecular formula is C7H8F3N. The van der Waals surface area contributed by atoms with Gasteiger partial charge in [-0.25, -0.2) is 0 Å². The fourth-order valence-corrected chi connectivity index (χ4v) is 1.02. The summed E-state index contributed by atoms with van der Waals surface area (Å²) < 4.78 is 36.2. The SMILES string of the molecule is CC1=C(C(F)(F)F)CCC=N1. The van der Waals surface area contributed by atoms with E-state index in [-0.39, 0.29) is 12.1 Å². The Morgan fingerprint density at radius 1 is 1.45 bits per heavy atom. The van der Waals surface area contributed by atoms with Gasteiger partial charge < -0.3 is 0 Å². The number of rotatable bonds is 0. The Bertz CT molecular complexity index is 212. The summed E-state index contributed by atoms with van der Waals surface area (Å²) in [5, 5.41) is 0. The van der Waals surface area contributed by atoms with E-state index >= 15 is 0 Å². The molecular weight excluding hydrogens is 155 g/mol. The monoisotopic (exact) mass is 163 g/mol. The minimum absolute atomic E-state index is 0.0683. The molecule has 1 nitrogen and oxygen atoms in total. The lowest BCUT2D eigenvalue weighted by Crippen LogP contribution is -2.15. The third kappa shape index (κ3) is 1.82. The topological polar surface area (TPSA) is 12.4 Å². The van der Waals surface area contributed by atoms with Crippen molar-refractivity contribution in [3.63, 3.8) is 0 Å². The molecule has 0 aromatic heterocycles. The number of alkyl halides is 3. The molecule has 0 aliphatic carbocycles. The summed E-state index contributed by atoms with van der Waals surface area (Å²) in [4.78, 5) is 3.61. The maximum absolute atomic E-state index is 12.1. The van der Waals surface area contributed by atoms with Crippen molar-refractivity contribution in [1.82, 2.24) is 0 Å². The summed E-state index contributed by atoms with van der Waals surface area (Å²) in [5.41, 5.74) is -0.385. The maximum atomic E-state index is 12.1. The molecule has 4 heteroatoms. The second-order valence-electron chi connectivity index (χ2n) is 2.41. The number of allylic oxidation sites excluding steroid dienone is 2. The highest BCUT2D eigenvalue weighted by atomic mass is 19.4. The molecule has 0 aromatic rings. The molecule has 1 rings (SSSR count). The van der Waals surface area contributed by atoms with E-state index in [4.69, 9.17) is 0 Å². The van der Waals surface area contributed by atoms with Crippen molar-refractivity contribution in [1.29, 1.82) is 0 Å². The zero-order valence-electron chi connectivity index (χ0n) is 6.07. The second kappa shape index (κ2) is 2.68. The van der Waals surface area contributed by atoms with Gasteiger partial charge in [-0.1, -0.05) is 0 Å². The summed E-state index contributed by atoms with van der Waals surface area (Å²) in [6, 6.07) is 0. The van der Waals surface area contributed by atoms with Gasteiger partial charge in [-0.2, -0.15) is 13.2 Å². The van der Waals surface area contributed by atoms with E-state index in [1.807, 2.05) is 0 Å². The molecule has 0 spiro atoms. The van der Waals surface area contributed by atoms with Gasteiger partial charge in [0.25, 0.3) is 0 Å². The van der Waals surface area contributed by atoms with Gasteiger partial charge in [0, 0.05) is 11.9 Å². The molecule has 0 fully saturated rings. The van der Waals surface area contributed by atoms with Crippen LogP contribution in [0.2, 0.25) is 0 Å². The first-order chi connectivity index (χ1) is 5.02. The Hall–Kier alpha value is -0.800. The fourth-order valence-electron chi connectivity index (χ4n) is 1.02. The van der Waals surface area contributed by atoms with Crippen LogP contribution in [0.25, 0.3) is 0 Å². The second-order valence-corrected chi connectivity index (χ2v) is 2.41. The largest absolute Gasteiger partial charge is 0.414 e. The van der Waals surface area contributed by atoms with Gasteiger partial charge in [-0.3, -0.25) is 4.99 Å². The summed E-state index contributed by atoms with van der Waals surface area (Å²) in [6.07, 6.45) is -2.21. The van der Waals surface area contributed by atoms with Crippen LogP contribution in [0.5, 0.6) is 0 Å². The number of hydrogen-bond acceptors (Lipinski definition) is 1. The molecule has 11 heavy (non-hydrogen) atoms. The van der Waals surface area contributed by atoms with Crippen molar-refractivity contribution in [2.24, 2.45) is 4.99 Å². The first kappa shape index (κ1) is 8.30. The molecule has 0 unspecified atom stereocenters. The summed E-state index contributed by atoms with van der Waals surface area (Å²) >= 11 is 0. The van der Waals surface area contributed by atoms with E-state index < -0.39 is 11.7 Å². The number of hydrogen-bond donors (Lipinski definition) is 0. The van der Waals surface area contributed by atoms with Crippen LogP contribution >= 0.6 is 0 Å². The van der Waals surface area contributed by atoms with E-state index in [1.165, 1.54) is 13.1 Å². The minimum Gasteiger partial charge on any atom is -0.266 e. The Kier molecular flexibility index (Phi) is 2.02. The van der Waals surface area contributed by atoms with E-state index in [9.17, 15) is 13.2 Å². The quantitative estimate of drug-likeness (QED) is 0.520. The normalized spacial score (nSPS) is 19.3. The Morgan fingerprint density at radius 2 is 2.09 bits per heavy atom. The minimum atomic E-state index is -4.19. The number of nitrogens with zero attached hydrogens (tertiary/aromatic N) is 1. The maximum Gasteiger partial charge on any atom is 0.414 e. The van der Waals surface area contributed by atoms with Gasteiger partial charge >= 0.3 is 6.18 Å². The van der Waals surface area contributed by atoms with Crippen LogP contribution in [-0.4, -0.2) is 12.4 Å². The van der Waals surface area contributed by atoms with Gasteiger partial charge in [-0.05, 0) is 19.8 Å². The molecule has 0 N–H and O–H groups in total. The van der Waals surface area contributed by atoms with Crippen molar-refractivity contribution >= 4 is 6.21 Å². The Balaban J connectivity index is 2.93. The van der Waals surface area contributed by atoms with E-state index in [0.717, 1.165) is 0 Å². The van der Waals surface area contributed by atoms with Crippen LogP contribution in [0.1, 0.15) is 19.8 Å². The highest BCUT2D eigenvalue weighted by molar-refractivity contribution is 5.61. The predicted octanol–water partition coefficient (Wildman–Crippen LogP) is 2.69. The molecule has 62 valence electrons. The van der Waals surface area contributed by atoms with Crippen LogP contribution in [0.4, 0.5) is 13.2 Å². The van der Waals surface area contributed by atoms with Gasteiger partial charge in [0.15, 0.2) is 0 Å². The average Bonchev–Trinajstić information content (AvgIpc) is 1.86. The van der Waals surface area contributed by atoms with Crippen LogP contribution in [0, 0.1) is 0 Å². The zero-order valence-corrected chi connectivity index (χ0v) is 6.07. The molecule has 0 saturated heterocycles. The van der Waals surface area contributed by atoms with Crippen molar-refractivity contribution < 1.29 is 13.2 Å². The zero-order chi connectivity index (χ0) is 8.48. The van der Waals surface area contributed by atoms with Gasteiger partial charge in [0.2, 0.25) is 0 Å². The van der Waals surface area contributed by atoms with E-state index in [0.29, 0.717) is 6.42 Å². The molecule has 0 amide bonds. The lowest BCUT2D eigenvalue weighted by atomic mass is 10.1. The van der Waals surface area contributed by atoms with Crippen molar-refractivity contribution in [3.05, 3.63) is 11.3 Å². The lowest BCUT2D eigenvalue weighted by molar-refractivity contribution is -0.0948. The summed E-state index contributed by atoms with van der Waals surface area (Å²) in [5.74, 6) is 0. The smallest absolute Gasteiger partial charge is 0.266 e. The number of aliphatic imine (C=N–C) groups is 1. The third-order valence-corrected chi connectivity index (χ3v) is 1.59. The molecule has 1 aliphatic heterocycles. The van der Waals surface area contributed by atoms with Crippen LogP contribution < -0.4 is 0 Å². The molecule has 0 saturated carbocycles. The van der Waals surface area contributed by atoms with Gasteiger partial charge in [0.1, 0.15) is 0 Å². The first-order valence-electron chi connectivity index (χ1n) is 3.31. The van der Waals surface area contributed by atoms with Gasteiger partial charge in [-0.15, -0.1) is 0 Å². The predicted molar refractivity (Wildman–Crippen MR) is 36.5 cm³/mol. The van der Waals surface area contributed by atoms with Crippen LogP contribution in [0.15, 0.2) is 16.3 Å². The average molecular weight is 163 g/mol. The fraction of sp³-hybridized carbons (Fsp3) is 0.571. The molecule has 0 aromatic carbocycles. The van der Waals surface area contributed by atoms with Crippen LogP contribution in [-0.2, 0) is 0 Å². The third-order valence-electron chi connectivity index (χ3n) is 1.59. The Morgan fingerprint density at radius 3 is 2.45 bits per heavy atom. The Labute approximate surface area is 62.6 Å². The highest BCUT2D eigenvalue weighted by Crippen LogP contribution is 2.33. The highest BCUT2D eigenvalue weighted by Gasteiger charge is 2.35. The molecule has 1 heterocycles. The summed E-state index contributed by atoms with van der Waals surface area (Å²) in [7, 11) is 0. The van der Waals surface area contributed by atoms with E-state index in [1.54, 1.807) is 0 Å². The number of halogens is 3. The van der Waals surface area contributed by atoms with Crippen molar-refractivity contribution in [2.75, 3.05) is 0 Å². The lowest BCUT2D eigenvalue weighted by Gasteiger charge is -2.14. The first-order valence-corrected chi connectivity index (χ1v) is 3.31. The molecule has 0 radical (unpaired) electrons. The van der Waals surface area contributed by atoms with Crippen molar-refractivity contribution in [2.45, 2.75) is 25.9 Å². The molecule has 0 bridgehead atoms. The standard InChI is InChI=1S/C7H8F3N/c1-5-6(7(8,9)10)3-2-4-11-5/h4H,2-3H2,1H3. The molecule has 1 aliphatic rings. The summed E-state index contributed by atoms with van der Waals surface area (Å²) in [6.45, 7) is 1.39. The van der Waals surface area contributed by atoms with E-state index in [2.05, 4.69) is 4.99 Å².